The van der Waals surface area contributed by atoms with Gasteiger partial charge in [0.25, 0.3) is 0 Å². The van der Waals surface area contributed by atoms with Gasteiger partial charge in [0.2, 0.25) is 0 Å². The summed E-state index contributed by atoms with van der Waals surface area (Å²) in [6.45, 7) is 10.8. The fourth-order valence-corrected chi connectivity index (χ4v) is 3.28. The zero-order valence-electron chi connectivity index (χ0n) is 12.9. The van der Waals surface area contributed by atoms with Gasteiger partial charge >= 0.3 is 6.09 Å². The van der Waals surface area contributed by atoms with Gasteiger partial charge in [0.1, 0.15) is 5.60 Å². The van der Waals surface area contributed by atoms with E-state index in [9.17, 15) is 4.79 Å². The molecule has 2 heterocycles. The Morgan fingerprint density at radius 3 is 2.76 bits per heavy atom. The minimum atomic E-state index is -0.448. The molecular weight excluding hydrogens is 310 g/mol. The predicted molar refractivity (Wildman–Crippen MR) is 84.8 cm³/mol. The van der Waals surface area contributed by atoms with Gasteiger partial charge in [0.15, 0.2) is 4.47 Å². The molecule has 7 heteroatoms. The summed E-state index contributed by atoms with van der Waals surface area (Å²) in [5.74, 6) is 0. The SMILES string of the molecule is CC1CN(C(=O)OC(C)(C)C)CCN1Cc1cnc(Cl)s1. The number of halogens is 1. The maximum Gasteiger partial charge on any atom is 0.410 e. The van der Waals surface area contributed by atoms with Crippen molar-refractivity contribution in [3.05, 3.63) is 15.5 Å². The lowest BCUT2D eigenvalue weighted by atomic mass is 10.2. The normalized spacial score (nSPS) is 20.6. The van der Waals surface area contributed by atoms with E-state index in [1.165, 1.54) is 11.3 Å². The molecule has 118 valence electrons. The van der Waals surface area contributed by atoms with Crippen molar-refractivity contribution < 1.29 is 9.53 Å². The highest BCUT2D eigenvalue weighted by Gasteiger charge is 2.29. The van der Waals surface area contributed by atoms with E-state index in [1.807, 2.05) is 27.0 Å². The highest BCUT2D eigenvalue weighted by atomic mass is 35.5. The molecule has 0 spiro atoms. The highest BCUT2D eigenvalue weighted by molar-refractivity contribution is 7.15. The summed E-state index contributed by atoms with van der Waals surface area (Å²) in [7, 11) is 0. The molecule has 0 bridgehead atoms. The number of thiazole rings is 1. The maximum absolute atomic E-state index is 12.1. The third-order valence-electron chi connectivity index (χ3n) is 3.30. The first kappa shape index (κ1) is 16.5. The number of rotatable bonds is 2. The second-order valence-electron chi connectivity index (χ2n) is 6.33. The summed E-state index contributed by atoms with van der Waals surface area (Å²) in [5.41, 5.74) is -0.448. The minimum absolute atomic E-state index is 0.227. The fourth-order valence-electron chi connectivity index (χ4n) is 2.28. The second-order valence-corrected chi connectivity index (χ2v) is 8.02. The largest absolute Gasteiger partial charge is 0.444 e. The average molecular weight is 332 g/mol. The zero-order valence-corrected chi connectivity index (χ0v) is 14.5. The van der Waals surface area contributed by atoms with Crippen LogP contribution in [-0.2, 0) is 11.3 Å². The van der Waals surface area contributed by atoms with Crippen molar-refractivity contribution in [2.75, 3.05) is 19.6 Å². The van der Waals surface area contributed by atoms with Crippen LogP contribution in [0.25, 0.3) is 0 Å². The molecule has 0 aromatic carbocycles. The van der Waals surface area contributed by atoms with E-state index in [-0.39, 0.29) is 12.1 Å². The van der Waals surface area contributed by atoms with Gasteiger partial charge in [-0.25, -0.2) is 9.78 Å². The van der Waals surface area contributed by atoms with Gasteiger partial charge in [-0.1, -0.05) is 11.6 Å². The number of hydrogen-bond donors (Lipinski definition) is 0. The quantitative estimate of drug-likeness (QED) is 0.834. The second kappa shape index (κ2) is 6.50. The van der Waals surface area contributed by atoms with E-state index in [0.717, 1.165) is 18.0 Å². The summed E-state index contributed by atoms with van der Waals surface area (Å²) in [4.78, 5) is 21.4. The van der Waals surface area contributed by atoms with Crippen LogP contribution in [0.5, 0.6) is 0 Å². The molecule has 0 N–H and O–H groups in total. The lowest BCUT2D eigenvalue weighted by molar-refractivity contribution is 0.00474. The zero-order chi connectivity index (χ0) is 15.6. The molecule has 0 radical (unpaired) electrons. The molecule has 5 nitrogen and oxygen atoms in total. The highest BCUT2D eigenvalue weighted by Crippen LogP contribution is 2.22. The fraction of sp³-hybridized carbons (Fsp3) is 0.714. The third-order valence-corrected chi connectivity index (χ3v) is 4.40. The van der Waals surface area contributed by atoms with Crippen LogP contribution in [0.1, 0.15) is 32.6 Å². The molecule has 1 aliphatic heterocycles. The smallest absolute Gasteiger partial charge is 0.410 e. The summed E-state index contributed by atoms with van der Waals surface area (Å²) >= 11 is 7.37. The molecule has 1 unspecified atom stereocenters. The third kappa shape index (κ3) is 4.83. The Morgan fingerprint density at radius 1 is 1.52 bits per heavy atom. The number of ether oxygens (including phenoxy) is 1. The number of carbonyl (C=O) groups is 1. The summed E-state index contributed by atoms with van der Waals surface area (Å²) in [6.07, 6.45) is 1.59. The van der Waals surface area contributed by atoms with Crippen LogP contribution in [-0.4, -0.2) is 52.2 Å². The van der Waals surface area contributed by atoms with Gasteiger partial charge in [0.05, 0.1) is 0 Å². The van der Waals surface area contributed by atoms with E-state index >= 15 is 0 Å². The van der Waals surface area contributed by atoms with Gasteiger partial charge in [0, 0.05) is 43.3 Å². The van der Waals surface area contributed by atoms with Crippen molar-refractivity contribution in [1.82, 2.24) is 14.8 Å². The van der Waals surface area contributed by atoms with Crippen LogP contribution in [0, 0.1) is 0 Å². The summed E-state index contributed by atoms with van der Waals surface area (Å²) in [6, 6.07) is 0.284. The molecule has 2 rings (SSSR count). The number of aromatic nitrogens is 1. The van der Waals surface area contributed by atoms with Crippen molar-refractivity contribution in [3.8, 4) is 0 Å². The molecule has 1 aromatic heterocycles. The molecule has 1 saturated heterocycles. The molecule has 1 aromatic rings. The van der Waals surface area contributed by atoms with E-state index in [2.05, 4.69) is 16.8 Å². The standard InChI is InChI=1S/C14H22ClN3O2S/c1-10-8-18(13(19)20-14(2,3)4)6-5-17(10)9-11-7-16-12(15)21-11/h7,10H,5-6,8-9H2,1-4H3. The van der Waals surface area contributed by atoms with Gasteiger partial charge < -0.3 is 9.64 Å². The lowest BCUT2D eigenvalue weighted by Crippen LogP contribution is -2.53. The summed E-state index contributed by atoms with van der Waals surface area (Å²) in [5, 5.41) is 0. The molecule has 1 aliphatic rings. The van der Waals surface area contributed by atoms with Crippen molar-refractivity contribution in [2.24, 2.45) is 0 Å². The van der Waals surface area contributed by atoms with Crippen molar-refractivity contribution in [2.45, 2.75) is 45.9 Å². The molecule has 21 heavy (non-hydrogen) atoms. The average Bonchev–Trinajstić information content (AvgIpc) is 2.75. The Kier molecular flexibility index (Phi) is 5.11. The predicted octanol–water partition coefficient (Wildman–Crippen LogP) is 3.24. The number of nitrogens with zero attached hydrogens (tertiary/aromatic N) is 3. The van der Waals surface area contributed by atoms with E-state index in [4.69, 9.17) is 16.3 Å². The van der Waals surface area contributed by atoms with E-state index < -0.39 is 5.60 Å². The van der Waals surface area contributed by atoms with Crippen molar-refractivity contribution >= 4 is 29.0 Å². The molecule has 1 atom stereocenters. The Hall–Kier alpha value is -0.850. The van der Waals surface area contributed by atoms with Crippen LogP contribution < -0.4 is 0 Å². The number of piperazine rings is 1. The van der Waals surface area contributed by atoms with E-state index in [0.29, 0.717) is 17.6 Å². The van der Waals surface area contributed by atoms with Crippen LogP contribution in [0.3, 0.4) is 0 Å². The first-order valence-electron chi connectivity index (χ1n) is 7.07. The monoisotopic (exact) mass is 331 g/mol. The first-order valence-corrected chi connectivity index (χ1v) is 8.26. The summed E-state index contributed by atoms with van der Waals surface area (Å²) < 4.78 is 6.00. The van der Waals surface area contributed by atoms with Gasteiger partial charge in [-0.2, -0.15) is 0 Å². The molecule has 1 amide bonds. The van der Waals surface area contributed by atoms with Gasteiger partial charge in [-0.15, -0.1) is 11.3 Å². The number of amides is 1. The molecule has 0 saturated carbocycles. The van der Waals surface area contributed by atoms with Crippen molar-refractivity contribution in [3.63, 3.8) is 0 Å². The Balaban J connectivity index is 1.88. The van der Waals surface area contributed by atoms with Crippen molar-refractivity contribution in [1.29, 1.82) is 0 Å². The molecule has 0 aliphatic carbocycles. The Morgan fingerprint density at radius 2 is 2.24 bits per heavy atom. The van der Waals surface area contributed by atoms with Crippen LogP contribution in [0.2, 0.25) is 4.47 Å². The van der Waals surface area contributed by atoms with Crippen LogP contribution in [0.4, 0.5) is 4.79 Å². The Bertz CT molecular complexity index is 501. The first-order chi connectivity index (χ1) is 9.74. The Labute approximate surface area is 134 Å². The topological polar surface area (TPSA) is 45.7 Å². The maximum atomic E-state index is 12.1. The van der Waals surface area contributed by atoms with E-state index in [1.54, 1.807) is 4.90 Å². The lowest BCUT2D eigenvalue weighted by Gasteiger charge is -2.39. The number of hydrogen-bond acceptors (Lipinski definition) is 5. The van der Waals surface area contributed by atoms with Crippen LogP contribution in [0.15, 0.2) is 6.20 Å². The number of carbonyl (C=O) groups excluding carboxylic acids is 1. The minimum Gasteiger partial charge on any atom is -0.444 e. The van der Waals surface area contributed by atoms with Crippen LogP contribution >= 0.6 is 22.9 Å². The molecule has 1 fully saturated rings. The molecular formula is C14H22ClN3O2S. The van der Waals surface area contributed by atoms with Gasteiger partial charge in [-0.05, 0) is 27.7 Å². The van der Waals surface area contributed by atoms with Gasteiger partial charge in [-0.3, -0.25) is 4.90 Å².